The van der Waals surface area contributed by atoms with Gasteiger partial charge in [-0.3, -0.25) is 0 Å². The summed E-state index contributed by atoms with van der Waals surface area (Å²) in [7, 11) is 0. The first kappa shape index (κ1) is 5.33. The van der Waals surface area contributed by atoms with E-state index < -0.39 is 0 Å². The number of rotatable bonds is 0. The lowest BCUT2D eigenvalue weighted by atomic mass is 10.1. The van der Waals surface area contributed by atoms with Gasteiger partial charge in [-0.1, -0.05) is 0 Å². The molecule has 9 heavy (non-hydrogen) atoms. The average Bonchev–Trinajstić information content (AvgIpc) is 2.19. The van der Waals surface area contributed by atoms with Gasteiger partial charge in [-0.2, -0.15) is 0 Å². The minimum atomic E-state index is 1.31. The van der Waals surface area contributed by atoms with E-state index in [1.165, 1.54) is 32.4 Å². The summed E-state index contributed by atoms with van der Waals surface area (Å²) in [5.41, 5.74) is 3.31. The lowest BCUT2D eigenvalue weighted by molar-refractivity contribution is 0.368. The molecule has 0 radical (unpaired) electrons. The van der Waals surface area contributed by atoms with Crippen LogP contribution in [0.2, 0.25) is 0 Å². The second kappa shape index (κ2) is 1.76. The quantitative estimate of drug-likeness (QED) is 0.474. The summed E-state index contributed by atoms with van der Waals surface area (Å²) in [6.07, 6.45) is 4.13. The Morgan fingerprint density at radius 2 is 2.11 bits per heavy atom. The van der Waals surface area contributed by atoms with Crippen LogP contribution in [-0.4, -0.2) is 18.0 Å². The van der Waals surface area contributed by atoms with Crippen molar-refractivity contribution in [1.82, 2.24) is 4.90 Å². The van der Waals surface area contributed by atoms with Crippen molar-refractivity contribution in [2.24, 2.45) is 0 Å². The van der Waals surface area contributed by atoms with Crippen molar-refractivity contribution in [2.45, 2.75) is 26.2 Å². The molecule has 0 fully saturated rings. The normalized spacial score (nSPS) is 25.7. The summed E-state index contributed by atoms with van der Waals surface area (Å²) in [6.45, 7) is 4.89. The van der Waals surface area contributed by atoms with Crippen LogP contribution in [-0.2, 0) is 0 Å². The van der Waals surface area contributed by atoms with E-state index in [9.17, 15) is 0 Å². The monoisotopic (exact) mass is 123 g/mol. The topological polar surface area (TPSA) is 3.24 Å². The molecular weight excluding hydrogens is 110 g/mol. The van der Waals surface area contributed by atoms with Gasteiger partial charge in [0.15, 0.2) is 0 Å². The second-order valence-corrected chi connectivity index (χ2v) is 3.03. The van der Waals surface area contributed by atoms with E-state index in [0.29, 0.717) is 0 Å². The van der Waals surface area contributed by atoms with Crippen molar-refractivity contribution in [2.75, 3.05) is 13.1 Å². The van der Waals surface area contributed by atoms with Crippen molar-refractivity contribution in [1.29, 1.82) is 0 Å². The maximum Gasteiger partial charge on any atom is 0.0212 e. The molecule has 2 heterocycles. The van der Waals surface area contributed by atoms with Gasteiger partial charge in [0.1, 0.15) is 0 Å². The Labute approximate surface area is 56.4 Å². The SMILES string of the molecule is CC1=C2CCCN1CC2. The molecule has 0 spiro atoms. The molecule has 0 aromatic heterocycles. The largest absolute Gasteiger partial charge is 0.375 e. The first-order chi connectivity index (χ1) is 4.38. The van der Waals surface area contributed by atoms with E-state index in [2.05, 4.69) is 11.8 Å². The smallest absolute Gasteiger partial charge is 0.0212 e. The van der Waals surface area contributed by atoms with Crippen LogP contribution in [0.15, 0.2) is 11.3 Å². The van der Waals surface area contributed by atoms with Crippen LogP contribution in [0.5, 0.6) is 0 Å². The summed E-state index contributed by atoms with van der Waals surface area (Å²) in [5, 5.41) is 0. The lowest BCUT2D eigenvalue weighted by Gasteiger charge is -2.22. The highest BCUT2D eigenvalue weighted by molar-refractivity contribution is 5.19. The predicted molar refractivity (Wildman–Crippen MR) is 38.1 cm³/mol. The van der Waals surface area contributed by atoms with Gasteiger partial charge in [0.25, 0.3) is 0 Å². The number of allylic oxidation sites excluding steroid dienone is 1. The fourth-order valence-corrected chi connectivity index (χ4v) is 1.91. The van der Waals surface area contributed by atoms with Gasteiger partial charge in [-0.25, -0.2) is 0 Å². The molecule has 2 rings (SSSR count). The molecule has 1 heteroatoms. The molecule has 0 saturated heterocycles. The molecule has 0 N–H and O–H groups in total. The molecule has 0 saturated carbocycles. The third-order valence-corrected chi connectivity index (χ3v) is 2.58. The molecule has 0 aliphatic carbocycles. The zero-order valence-corrected chi connectivity index (χ0v) is 5.98. The van der Waals surface area contributed by atoms with Gasteiger partial charge < -0.3 is 4.90 Å². The van der Waals surface area contributed by atoms with E-state index in [4.69, 9.17) is 0 Å². The predicted octanol–water partition coefficient (Wildman–Crippen LogP) is 1.76. The Morgan fingerprint density at radius 3 is 2.78 bits per heavy atom. The van der Waals surface area contributed by atoms with Gasteiger partial charge in [-0.15, -0.1) is 0 Å². The summed E-state index contributed by atoms with van der Waals surface area (Å²) >= 11 is 0. The van der Waals surface area contributed by atoms with Crippen molar-refractivity contribution in [3.8, 4) is 0 Å². The maximum atomic E-state index is 2.51. The molecule has 50 valence electrons. The van der Waals surface area contributed by atoms with E-state index in [1.54, 1.807) is 11.3 Å². The Kier molecular flexibility index (Phi) is 1.04. The van der Waals surface area contributed by atoms with Crippen molar-refractivity contribution < 1.29 is 0 Å². The number of hydrogen-bond acceptors (Lipinski definition) is 1. The first-order valence-electron chi connectivity index (χ1n) is 3.81. The summed E-state index contributed by atoms with van der Waals surface area (Å²) in [6, 6.07) is 0. The highest BCUT2D eigenvalue weighted by atomic mass is 15.2. The molecule has 0 aromatic rings. The molecule has 1 nitrogen and oxygen atoms in total. The van der Waals surface area contributed by atoms with Crippen LogP contribution in [0.1, 0.15) is 26.2 Å². The molecular formula is C8H13N. The van der Waals surface area contributed by atoms with Crippen LogP contribution < -0.4 is 0 Å². The van der Waals surface area contributed by atoms with E-state index in [1.807, 2.05) is 0 Å². The van der Waals surface area contributed by atoms with Crippen LogP contribution in [0, 0.1) is 0 Å². The molecule has 2 aliphatic rings. The summed E-state index contributed by atoms with van der Waals surface area (Å²) in [5.74, 6) is 0. The van der Waals surface area contributed by atoms with Crippen LogP contribution >= 0.6 is 0 Å². The highest BCUT2D eigenvalue weighted by Crippen LogP contribution is 2.30. The lowest BCUT2D eigenvalue weighted by Crippen LogP contribution is -2.20. The number of nitrogens with zero attached hydrogens (tertiary/aromatic N) is 1. The Hall–Kier alpha value is -0.460. The standard InChI is InChI=1S/C8H13N/c1-7-8-3-2-5-9(7)6-4-8/h2-6H2,1H3. The van der Waals surface area contributed by atoms with E-state index in [-0.39, 0.29) is 0 Å². The third-order valence-electron chi connectivity index (χ3n) is 2.58. The Balaban J connectivity index is 2.30. The van der Waals surface area contributed by atoms with Crippen molar-refractivity contribution >= 4 is 0 Å². The third kappa shape index (κ3) is 0.673. The molecule has 0 aromatic carbocycles. The number of hydrogen-bond donors (Lipinski definition) is 0. The fraction of sp³-hybridized carbons (Fsp3) is 0.750. The van der Waals surface area contributed by atoms with Crippen LogP contribution in [0.4, 0.5) is 0 Å². The van der Waals surface area contributed by atoms with Crippen molar-refractivity contribution in [3.05, 3.63) is 11.3 Å². The number of fused-ring (bicyclic) bond motifs is 1. The Morgan fingerprint density at radius 1 is 1.22 bits per heavy atom. The molecule has 2 bridgehead atoms. The average molecular weight is 123 g/mol. The first-order valence-corrected chi connectivity index (χ1v) is 3.81. The van der Waals surface area contributed by atoms with Gasteiger partial charge in [0, 0.05) is 18.8 Å². The fourth-order valence-electron chi connectivity index (χ4n) is 1.91. The van der Waals surface area contributed by atoms with Gasteiger partial charge >= 0.3 is 0 Å². The van der Waals surface area contributed by atoms with Gasteiger partial charge in [0.2, 0.25) is 0 Å². The second-order valence-electron chi connectivity index (χ2n) is 3.03. The minimum Gasteiger partial charge on any atom is -0.375 e. The Bertz CT molecular complexity index is 158. The van der Waals surface area contributed by atoms with Crippen molar-refractivity contribution in [3.63, 3.8) is 0 Å². The molecule has 2 aliphatic heterocycles. The van der Waals surface area contributed by atoms with Crippen LogP contribution in [0.25, 0.3) is 0 Å². The zero-order valence-electron chi connectivity index (χ0n) is 5.98. The minimum absolute atomic E-state index is 1.31. The highest BCUT2D eigenvalue weighted by Gasteiger charge is 2.21. The maximum absolute atomic E-state index is 2.51. The van der Waals surface area contributed by atoms with E-state index in [0.717, 1.165) is 0 Å². The molecule has 0 atom stereocenters. The molecule has 0 amide bonds. The summed E-state index contributed by atoms with van der Waals surface area (Å²) in [4.78, 5) is 2.51. The van der Waals surface area contributed by atoms with Gasteiger partial charge in [0.05, 0.1) is 0 Å². The molecule has 0 unspecified atom stereocenters. The van der Waals surface area contributed by atoms with Crippen LogP contribution in [0.3, 0.4) is 0 Å². The van der Waals surface area contributed by atoms with E-state index >= 15 is 0 Å². The summed E-state index contributed by atoms with van der Waals surface area (Å²) < 4.78 is 0. The van der Waals surface area contributed by atoms with Gasteiger partial charge in [-0.05, 0) is 31.8 Å². The zero-order chi connectivity index (χ0) is 6.27.